The first kappa shape index (κ1) is 16.6. The van der Waals surface area contributed by atoms with Crippen LogP contribution in [0.3, 0.4) is 0 Å². The molecule has 1 aromatic carbocycles. The molecular formula is C15H19F3N2O2. The lowest BCUT2D eigenvalue weighted by atomic mass is 9.91. The Kier molecular flexibility index (Phi) is 4.65. The van der Waals surface area contributed by atoms with Crippen molar-refractivity contribution in [1.29, 1.82) is 0 Å². The number of hydrogen-bond donors (Lipinski definition) is 2. The Morgan fingerprint density at radius 3 is 2.32 bits per heavy atom. The first-order valence-corrected chi connectivity index (χ1v) is 7.12. The maximum Gasteiger partial charge on any atom is 0.417 e. The number of rotatable bonds is 2. The van der Waals surface area contributed by atoms with Gasteiger partial charge in [0.15, 0.2) is 5.60 Å². The van der Waals surface area contributed by atoms with Crippen molar-refractivity contribution in [1.82, 2.24) is 10.2 Å². The molecule has 0 unspecified atom stereocenters. The standard InChI is InChI=1S/C15H19F3N2O2/c1-11(12-5-3-2-4-6-12)19-13(21)20-9-7-14(22,8-10-20)15(16,17)18/h2-6,11,22H,7-10H2,1H3,(H,19,21)/t11-/m1/s1. The molecule has 0 aliphatic carbocycles. The van der Waals surface area contributed by atoms with Gasteiger partial charge in [-0.05, 0) is 12.5 Å². The lowest BCUT2D eigenvalue weighted by Crippen LogP contribution is -2.56. The molecule has 2 amide bonds. The Hall–Kier alpha value is -1.76. The molecule has 122 valence electrons. The van der Waals surface area contributed by atoms with Crippen molar-refractivity contribution in [2.45, 2.75) is 37.6 Å². The molecule has 2 rings (SSSR count). The second-order valence-electron chi connectivity index (χ2n) is 5.60. The molecule has 7 heteroatoms. The summed E-state index contributed by atoms with van der Waals surface area (Å²) in [5.74, 6) is 0. The van der Waals surface area contributed by atoms with Crippen molar-refractivity contribution in [2.75, 3.05) is 13.1 Å². The highest BCUT2D eigenvalue weighted by molar-refractivity contribution is 5.74. The maximum absolute atomic E-state index is 12.7. The van der Waals surface area contributed by atoms with Gasteiger partial charge in [0.2, 0.25) is 0 Å². The zero-order chi connectivity index (χ0) is 16.4. The van der Waals surface area contributed by atoms with E-state index in [2.05, 4.69) is 5.32 Å². The van der Waals surface area contributed by atoms with Gasteiger partial charge in [0.25, 0.3) is 0 Å². The SMILES string of the molecule is C[C@@H](NC(=O)N1CCC(O)(C(F)(F)F)CC1)c1ccccc1. The summed E-state index contributed by atoms with van der Waals surface area (Å²) in [6.45, 7) is 1.57. The number of aliphatic hydroxyl groups is 1. The zero-order valence-corrected chi connectivity index (χ0v) is 12.2. The molecule has 0 radical (unpaired) electrons. The molecule has 0 spiro atoms. The first-order chi connectivity index (χ1) is 10.2. The minimum atomic E-state index is -4.66. The Morgan fingerprint density at radius 1 is 1.27 bits per heavy atom. The summed E-state index contributed by atoms with van der Waals surface area (Å²) < 4.78 is 38.1. The minimum absolute atomic E-state index is 0.122. The minimum Gasteiger partial charge on any atom is -0.380 e. The highest BCUT2D eigenvalue weighted by Crippen LogP contribution is 2.38. The average Bonchev–Trinajstić information content (AvgIpc) is 2.47. The van der Waals surface area contributed by atoms with Gasteiger partial charge in [-0.25, -0.2) is 4.79 Å². The fourth-order valence-corrected chi connectivity index (χ4v) is 2.46. The number of halogens is 3. The van der Waals surface area contributed by atoms with Gasteiger partial charge in [-0.3, -0.25) is 0 Å². The van der Waals surface area contributed by atoms with Crippen LogP contribution < -0.4 is 5.32 Å². The molecule has 1 fully saturated rings. The Balaban J connectivity index is 1.91. The molecule has 0 saturated carbocycles. The summed E-state index contributed by atoms with van der Waals surface area (Å²) in [5.41, 5.74) is -1.77. The fourth-order valence-electron chi connectivity index (χ4n) is 2.46. The third-order valence-electron chi connectivity index (χ3n) is 4.05. The van der Waals surface area contributed by atoms with Gasteiger partial charge in [0.1, 0.15) is 0 Å². The Morgan fingerprint density at radius 2 is 1.82 bits per heavy atom. The van der Waals surface area contributed by atoms with E-state index in [0.29, 0.717) is 0 Å². The largest absolute Gasteiger partial charge is 0.417 e. The van der Waals surface area contributed by atoms with Gasteiger partial charge in [-0.15, -0.1) is 0 Å². The van der Waals surface area contributed by atoms with Crippen LogP contribution in [0.25, 0.3) is 0 Å². The second kappa shape index (κ2) is 6.16. The molecule has 4 nitrogen and oxygen atoms in total. The van der Waals surface area contributed by atoms with E-state index in [1.54, 1.807) is 0 Å². The topological polar surface area (TPSA) is 52.6 Å². The number of nitrogens with one attached hydrogen (secondary N) is 1. The van der Waals surface area contributed by atoms with Crippen molar-refractivity contribution in [3.05, 3.63) is 35.9 Å². The summed E-state index contributed by atoms with van der Waals surface area (Å²) >= 11 is 0. The smallest absolute Gasteiger partial charge is 0.380 e. The molecule has 0 bridgehead atoms. The molecule has 1 saturated heterocycles. The molecule has 22 heavy (non-hydrogen) atoms. The van der Waals surface area contributed by atoms with Gasteiger partial charge < -0.3 is 15.3 Å². The van der Waals surface area contributed by atoms with Crippen molar-refractivity contribution in [2.24, 2.45) is 0 Å². The van der Waals surface area contributed by atoms with Crippen LogP contribution in [0, 0.1) is 0 Å². The lowest BCUT2D eigenvalue weighted by Gasteiger charge is -2.39. The number of amides is 2. The number of benzene rings is 1. The van der Waals surface area contributed by atoms with Crippen LogP contribution in [0.15, 0.2) is 30.3 Å². The predicted octanol–water partition coefficient (Wildman–Crippen LogP) is 2.85. The summed E-state index contributed by atoms with van der Waals surface area (Å²) in [5, 5.41) is 12.3. The molecule has 1 aliphatic heterocycles. The molecule has 2 N–H and O–H groups in total. The summed E-state index contributed by atoms with van der Waals surface area (Å²) in [7, 11) is 0. The van der Waals surface area contributed by atoms with Crippen molar-refractivity contribution in [3.8, 4) is 0 Å². The van der Waals surface area contributed by atoms with E-state index in [0.717, 1.165) is 5.56 Å². The van der Waals surface area contributed by atoms with E-state index in [-0.39, 0.29) is 19.1 Å². The molecule has 1 heterocycles. The number of urea groups is 1. The summed E-state index contributed by atoms with van der Waals surface area (Å²) in [6.07, 6.45) is -5.65. The van der Waals surface area contributed by atoms with Crippen LogP contribution in [0.1, 0.15) is 31.4 Å². The molecular weight excluding hydrogens is 297 g/mol. The van der Waals surface area contributed by atoms with E-state index in [4.69, 9.17) is 0 Å². The number of nitrogens with zero attached hydrogens (tertiary/aromatic N) is 1. The number of carbonyl (C=O) groups excluding carboxylic acids is 1. The van der Waals surface area contributed by atoms with Gasteiger partial charge in [-0.1, -0.05) is 30.3 Å². The van der Waals surface area contributed by atoms with Crippen molar-refractivity contribution < 1.29 is 23.1 Å². The van der Waals surface area contributed by atoms with Gasteiger partial charge >= 0.3 is 12.2 Å². The van der Waals surface area contributed by atoms with Crippen molar-refractivity contribution in [3.63, 3.8) is 0 Å². The lowest BCUT2D eigenvalue weighted by molar-refractivity contribution is -0.271. The fraction of sp³-hybridized carbons (Fsp3) is 0.533. The zero-order valence-electron chi connectivity index (χ0n) is 12.2. The van der Waals surface area contributed by atoms with Gasteiger partial charge in [0.05, 0.1) is 6.04 Å². The molecule has 1 aromatic rings. The monoisotopic (exact) mass is 316 g/mol. The molecule has 0 aromatic heterocycles. The number of likely N-dealkylation sites (tertiary alicyclic amines) is 1. The second-order valence-corrected chi connectivity index (χ2v) is 5.60. The van der Waals surface area contributed by atoms with E-state index < -0.39 is 30.7 Å². The Bertz CT molecular complexity index is 511. The normalized spacial score (nSPS) is 19.6. The summed E-state index contributed by atoms with van der Waals surface area (Å²) in [6, 6.07) is 8.64. The highest BCUT2D eigenvalue weighted by atomic mass is 19.4. The predicted molar refractivity (Wildman–Crippen MR) is 75.2 cm³/mol. The third kappa shape index (κ3) is 3.52. The maximum atomic E-state index is 12.7. The molecule has 1 aliphatic rings. The highest BCUT2D eigenvalue weighted by Gasteiger charge is 2.54. The number of carbonyl (C=O) groups is 1. The van der Waals surface area contributed by atoms with E-state index in [1.807, 2.05) is 37.3 Å². The van der Waals surface area contributed by atoms with Crippen LogP contribution in [0.4, 0.5) is 18.0 Å². The van der Waals surface area contributed by atoms with Crippen LogP contribution in [-0.4, -0.2) is 40.9 Å². The van der Waals surface area contributed by atoms with E-state index in [9.17, 15) is 23.1 Å². The number of alkyl halides is 3. The van der Waals surface area contributed by atoms with E-state index in [1.165, 1.54) is 4.90 Å². The van der Waals surface area contributed by atoms with E-state index >= 15 is 0 Å². The van der Waals surface area contributed by atoms with Gasteiger partial charge in [-0.2, -0.15) is 13.2 Å². The van der Waals surface area contributed by atoms with Crippen LogP contribution in [0.2, 0.25) is 0 Å². The Labute approximate surface area is 126 Å². The van der Waals surface area contributed by atoms with Crippen LogP contribution in [0.5, 0.6) is 0 Å². The number of piperidine rings is 1. The first-order valence-electron chi connectivity index (χ1n) is 7.12. The van der Waals surface area contributed by atoms with Crippen LogP contribution >= 0.6 is 0 Å². The van der Waals surface area contributed by atoms with Crippen LogP contribution in [-0.2, 0) is 0 Å². The van der Waals surface area contributed by atoms with Crippen molar-refractivity contribution >= 4 is 6.03 Å². The van der Waals surface area contributed by atoms with Gasteiger partial charge in [0, 0.05) is 25.9 Å². The quantitative estimate of drug-likeness (QED) is 0.881. The molecule has 1 atom stereocenters. The average molecular weight is 316 g/mol. The number of hydrogen-bond acceptors (Lipinski definition) is 2. The summed E-state index contributed by atoms with van der Waals surface area (Å²) in [4.78, 5) is 13.4. The third-order valence-corrected chi connectivity index (χ3v) is 4.05.